The standard InChI is InChI=1S/C9H18FNO3/c1-9(2,3)14-8(13)11(4)7(5-10)6-12/h7,12H,5-6H2,1-4H3/t7-/m0/s1. The van der Waals surface area contributed by atoms with Crippen LogP contribution >= 0.6 is 0 Å². The summed E-state index contributed by atoms with van der Waals surface area (Å²) in [6, 6.07) is -0.829. The van der Waals surface area contributed by atoms with Crippen molar-refractivity contribution in [1.82, 2.24) is 4.90 Å². The highest BCUT2D eigenvalue weighted by atomic mass is 19.1. The summed E-state index contributed by atoms with van der Waals surface area (Å²) in [6.45, 7) is 3.98. The maximum atomic E-state index is 12.3. The first-order chi connectivity index (χ1) is 6.31. The van der Waals surface area contributed by atoms with Gasteiger partial charge in [0.15, 0.2) is 0 Å². The van der Waals surface area contributed by atoms with E-state index in [0.29, 0.717) is 0 Å². The van der Waals surface area contributed by atoms with Gasteiger partial charge in [-0.05, 0) is 20.8 Å². The van der Waals surface area contributed by atoms with Crippen LogP contribution in [-0.4, -0.2) is 48.1 Å². The van der Waals surface area contributed by atoms with E-state index in [9.17, 15) is 9.18 Å². The Hall–Kier alpha value is -0.840. The van der Waals surface area contributed by atoms with Gasteiger partial charge in [0.1, 0.15) is 12.3 Å². The molecule has 0 saturated heterocycles. The minimum atomic E-state index is -0.829. The molecule has 0 radical (unpaired) electrons. The molecule has 0 aliphatic rings. The summed E-state index contributed by atoms with van der Waals surface area (Å²) >= 11 is 0. The van der Waals surface area contributed by atoms with Crippen molar-refractivity contribution in [3.63, 3.8) is 0 Å². The van der Waals surface area contributed by atoms with E-state index in [2.05, 4.69) is 0 Å². The van der Waals surface area contributed by atoms with Crippen molar-refractivity contribution in [2.75, 3.05) is 20.3 Å². The van der Waals surface area contributed by atoms with E-state index in [1.807, 2.05) is 0 Å². The summed E-state index contributed by atoms with van der Waals surface area (Å²) in [4.78, 5) is 12.4. The fraction of sp³-hybridized carbons (Fsp3) is 0.889. The molecule has 0 aromatic rings. The molecule has 1 atom stereocenters. The van der Waals surface area contributed by atoms with Gasteiger partial charge in [-0.25, -0.2) is 9.18 Å². The van der Waals surface area contributed by atoms with Crippen LogP contribution in [-0.2, 0) is 4.74 Å². The van der Waals surface area contributed by atoms with Gasteiger partial charge in [-0.3, -0.25) is 0 Å². The van der Waals surface area contributed by atoms with Gasteiger partial charge in [-0.15, -0.1) is 0 Å². The second-order valence-electron chi connectivity index (χ2n) is 4.08. The number of carbonyl (C=O) groups is 1. The van der Waals surface area contributed by atoms with Gasteiger partial charge in [-0.1, -0.05) is 0 Å². The van der Waals surface area contributed by atoms with Crippen LogP contribution < -0.4 is 0 Å². The topological polar surface area (TPSA) is 49.8 Å². The summed E-state index contributed by atoms with van der Waals surface area (Å²) < 4.78 is 17.3. The number of carbonyl (C=O) groups excluding carboxylic acids is 1. The molecule has 0 rings (SSSR count). The van der Waals surface area contributed by atoms with Gasteiger partial charge in [0.25, 0.3) is 0 Å². The molecule has 14 heavy (non-hydrogen) atoms. The van der Waals surface area contributed by atoms with Gasteiger partial charge in [0.05, 0.1) is 12.6 Å². The van der Waals surface area contributed by atoms with E-state index >= 15 is 0 Å². The molecule has 0 aliphatic carbocycles. The zero-order valence-electron chi connectivity index (χ0n) is 9.08. The quantitative estimate of drug-likeness (QED) is 0.756. The fourth-order valence-electron chi connectivity index (χ4n) is 0.758. The van der Waals surface area contributed by atoms with E-state index in [1.54, 1.807) is 20.8 Å². The van der Waals surface area contributed by atoms with Crippen LogP contribution in [0.5, 0.6) is 0 Å². The number of aliphatic hydroxyl groups excluding tert-OH is 1. The highest BCUT2D eigenvalue weighted by Crippen LogP contribution is 2.10. The average Bonchev–Trinajstić information content (AvgIpc) is 2.03. The number of halogens is 1. The number of hydrogen-bond donors (Lipinski definition) is 1. The molecular formula is C9H18FNO3. The number of likely N-dealkylation sites (N-methyl/N-ethyl adjacent to an activating group) is 1. The molecule has 4 nitrogen and oxygen atoms in total. The molecule has 0 saturated carbocycles. The van der Waals surface area contributed by atoms with Gasteiger partial charge < -0.3 is 14.7 Å². The van der Waals surface area contributed by atoms with Gasteiger partial charge >= 0.3 is 6.09 Å². The molecule has 0 bridgehead atoms. The van der Waals surface area contributed by atoms with Gasteiger partial charge in [0, 0.05) is 7.05 Å². The molecule has 0 heterocycles. The van der Waals surface area contributed by atoms with Crippen molar-refractivity contribution >= 4 is 6.09 Å². The van der Waals surface area contributed by atoms with E-state index in [-0.39, 0.29) is 0 Å². The molecule has 0 aromatic carbocycles. The first kappa shape index (κ1) is 13.2. The Morgan fingerprint density at radius 3 is 2.36 bits per heavy atom. The van der Waals surface area contributed by atoms with Crippen molar-refractivity contribution in [3.05, 3.63) is 0 Å². The largest absolute Gasteiger partial charge is 0.444 e. The summed E-state index contributed by atoms with van der Waals surface area (Å²) in [5.74, 6) is 0. The van der Waals surface area contributed by atoms with Crippen LogP contribution in [0.2, 0.25) is 0 Å². The number of amides is 1. The number of rotatable bonds is 3. The Bertz CT molecular complexity index is 187. The number of aliphatic hydroxyl groups is 1. The lowest BCUT2D eigenvalue weighted by atomic mass is 10.2. The molecule has 0 unspecified atom stereocenters. The predicted octanol–water partition coefficient (Wildman–Crippen LogP) is 1.18. The zero-order chi connectivity index (χ0) is 11.4. The Morgan fingerprint density at radius 1 is 1.57 bits per heavy atom. The highest BCUT2D eigenvalue weighted by Gasteiger charge is 2.24. The minimum Gasteiger partial charge on any atom is -0.444 e. The van der Waals surface area contributed by atoms with Crippen molar-refractivity contribution in [1.29, 1.82) is 0 Å². The van der Waals surface area contributed by atoms with Crippen molar-refractivity contribution in [2.24, 2.45) is 0 Å². The monoisotopic (exact) mass is 207 g/mol. The summed E-state index contributed by atoms with van der Waals surface area (Å²) in [5.41, 5.74) is -0.609. The van der Waals surface area contributed by atoms with Crippen LogP contribution in [0, 0.1) is 0 Å². The molecule has 0 spiro atoms. The Labute approximate surface area is 83.7 Å². The smallest absolute Gasteiger partial charge is 0.410 e. The molecule has 0 fully saturated rings. The second kappa shape index (κ2) is 5.14. The maximum Gasteiger partial charge on any atom is 0.410 e. The summed E-state index contributed by atoms with van der Waals surface area (Å²) in [7, 11) is 1.40. The third kappa shape index (κ3) is 4.41. The minimum absolute atomic E-state index is 0.410. The van der Waals surface area contributed by atoms with Crippen molar-refractivity contribution in [3.8, 4) is 0 Å². The molecule has 1 N–H and O–H groups in total. The van der Waals surface area contributed by atoms with E-state index in [1.165, 1.54) is 7.05 Å². The van der Waals surface area contributed by atoms with E-state index < -0.39 is 31.0 Å². The van der Waals surface area contributed by atoms with Crippen LogP contribution in [0.1, 0.15) is 20.8 Å². The Morgan fingerprint density at radius 2 is 2.07 bits per heavy atom. The molecule has 5 heteroatoms. The lowest BCUT2D eigenvalue weighted by Gasteiger charge is -2.28. The Kier molecular flexibility index (Phi) is 4.83. The molecular weight excluding hydrogens is 189 g/mol. The molecule has 1 amide bonds. The maximum absolute atomic E-state index is 12.3. The Balaban J connectivity index is 4.24. The molecule has 0 aromatic heterocycles. The summed E-state index contributed by atoms with van der Waals surface area (Å²) in [5, 5.41) is 8.75. The second-order valence-corrected chi connectivity index (χ2v) is 4.08. The zero-order valence-corrected chi connectivity index (χ0v) is 9.08. The number of alkyl halides is 1. The lowest BCUT2D eigenvalue weighted by Crippen LogP contribution is -2.43. The van der Waals surface area contributed by atoms with Gasteiger partial charge in [0.2, 0.25) is 0 Å². The normalized spacial score (nSPS) is 13.6. The van der Waals surface area contributed by atoms with Crippen molar-refractivity contribution < 1.29 is 19.0 Å². The lowest BCUT2D eigenvalue weighted by molar-refractivity contribution is 0.0132. The highest BCUT2D eigenvalue weighted by molar-refractivity contribution is 5.68. The first-order valence-corrected chi connectivity index (χ1v) is 4.44. The van der Waals surface area contributed by atoms with Crippen LogP contribution in [0.3, 0.4) is 0 Å². The number of nitrogens with zero attached hydrogens (tertiary/aromatic N) is 1. The number of hydrogen-bond acceptors (Lipinski definition) is 3. The first-order valence-electron chi connectivity index (χ1n) is 4.44. The summed E-state index contributed by atoms with van der Waals surface area (Å²) in [6.07, 6.45) is -0.630. The van der Waals surface area contributed by atoms with E-state index in [0.717, 1.165) is 4.90 Å². The predicted molar refractivity (Wildman–Crippen MR) is 50.8 cm³/mol. The molecule has 0 aliphatic heterocycles. The van der Waals surface area contributed by atoms with Crippen LogP contribution in [0.15, 0.2) is 0 Å². The number of ether oxygens (including phenoxy) is 1. The van der Waals surface area contributed by atoms with Crippen LogP contribution in [0.25, 0.3) is 0 Å². The van der Waals surface area contributed by atoms with E-state index in [4.69, 9.17) is 9.84 Å². The van der Waals surface area contributed by atoms with Gasteiger partial charge in [-0.2, -0.15) is 0 Å². The SMILES string of the molecule is CN(C(=O)OC(C)(C)C)[C@H](CO)CF. The third-order valence-corrected chi connectivity index (χ3v) is 1.62. The molecule has 84 valence electrons. The fourth-order valence-corrected chi connectivity index (χ4v) is 0.758. The third-order valence-electron chi connectivity index (χ3n) is 1.62. The van der Waals surface area contributed by atoms with Crippen LogP contribution in [0.4, 0.5) is 9.18 Å². The average molecular weight is 207 g/mol. The van der Waals surface area contributed by atoms with Crippen molar-refractivity contribution in [2.45, 2.75) is 32.4 Å².